The fourth-order valence-electron chi connectivity index (χ4n) is 5.98. The third kappa shape index (κ3) is 3.44. The molecule has 39 heavy (non-hydrogen) atoms. The van der Waals surface area contributed by atoms with Crippen LogP contribution in [-0.4, -0.2) is 9.97 Å². The van der Waals surface area contributed by atoms with Gasteiger partial charge >= 0.3 is 0 Å². The maximum Gasteiger partial charge on any atom is 0.0544 e. The van der Waals surface area contributed by atoms with Gasteiger partial charge in [-0.3, -0.25) is 0 Å². The number of para-hydroxylation sites is 3. The highest BCUT2D eigenvalue weighted by molar-refractivity contribution is 6.13. The van der Waals surface area contributed by atoms with E-state index in [2.05, 4.69) is 125 Å². The van der Waals surface area contributed by atoms with Gasteiger partial charge in [-0.2, -0.15) is 0 Å². The molecule has 184 valence electrons. The lowest BCUT2D eigenvalue weighted by Gasteiger charge is -2.08. The van der Waals surface area contributed by atoms with E-state index in [1.807, 2.05) is 12.1 Å². The van der Waals surface area contributed by atoms with E-state index < -0.39 is 0 Å². The van der Waals surface area contributed by atoms with E-state index in [4.69, 9.17) is 5.73 Å². The summed E-state index contributed by atoms with van der Waals surface area (Å²) in [6.07, 6.45) is 0. The number of nitrogens with one attached hydrogen (secondary N) is 2. The number of hydrogen-bond donors (Lipinski definition) is 3. The molecule has 3 heteroatoms. The summed E-state index contributed by atoms with van der Waals surface area (Å²) in [7, 11) is 0. The smallest absolute Gasteiger partial charge is 0.0544 e. The van der Waals surface area contributed by atoms with Crippen LogP contribution in [0.2, 0.25) is 0 Å². The quantitative estimate of drug-likeness (QED) is 0.208. The Bertz CT molecular complexity index is 2180. The number of benzene rings is 6. The van der Waals surface area contributed by atoms with Crippen LogP contribution in [0.25, 0.3) is 77.0 Å². The summed E-state index contributed by atoms with van der Waals surface area (Å²) in [5, 5.41) is 4.96. The van der Waals surface area contributed by atoms with Gasteiger partial charge in [0.1, 0.15) is 0 Å². The third-order valence-corrected chi connectivity index (χ3v) is 7.90. The van der Waals surface area contributed by atoms with Crippen molar-refractivity contribution in [3.8, 4) is 33.4 Å². The lowest BCUT2D eigenvalue weighted by molar-refractivity contribution is 1.53. The standard InChI is InChI=1S/C36H25N3/c37-26-17-14-22(15-18-26)27-9-4-12-31-32-21-24(16-19-34(32)39-35(27)31)23-6-3-7-25(20-23)28-10-5-11-30-29-8-1-2-13-33(29)38-36(28)30/h1-21,38-39H,37H2. The monoisotopic (exact) mass is 499 g/mol. The minimum Gasteiger partial charge on any atom is -0.399 e. The molecule has 0 spiro atoms. The van der Waals surface area contributed by atoms with Crippen molar-refractivity contribution in [2.24, 2.45) is 0 Å². The molecule has 0 aliphatic carbocycles. The van der Waals surface area contributed by atoms with Gasteiger partial charge in [0.25, 0.3) is 0 Å². The third-order valence-electron chi connectivity index (χ3n) is 7.90. The molecule has 0 aliphatic heterocycles. The highest BCUT2D eigenvalue weighted by atomic mass is 14.7. The van der Waals surface area contributed by atoms with Crippen LogP contribution < -0.4 is 5.73 Å². The summed E-state index contributed by atoms with van der Waals surface area (Å²) in [6, 6.07) is 45.2. The Balaban J connectivity index is 1.26. The zero-order chi connectivity index (χ0) is 25.9. The molecule has 6 aromatic carbocycles. The average molecular weight is 500 g/mol. The van der Waals surface area contributed by atoms with Crippen molar-refractivity contribution in [1.29, 1.82) is 0 Å². The number of fused-ring (bicyclic) bond motifs is 6. The maximum atomic E-state index is 5.93. The van der Waals surface area contributed by atoms with Crippen LogP contribution in [0.1, 0.15) is 0 Å². The molecular weight excluding hydrogens is 474 g/mol. The average Bonchev–Trinajstić information content (AvgIpc) is 3.56. The van der Waals surface area contributed by atoms with Crippen molar-refractivity contribution >= 4 is 49.3 Å². The maximum absolute atomic E-state index is 5.93. The first kappa shape index (κ1) is 21.8. The van der Waals surface area contributed by atoms with Gasteiger partial charge in [0.05, 0.1) is 11.0 Å². The van der Waals surface area contributed by atoms with Crippen molar-refractivity contribution in [1.82, 2.24) is 9.97 Å². The molecule has 0 fully saturated rings. The largest absolute Gasteiger partial charge is 0.399 e. The first-order valence-corrected chi connectivity index (χ1v) is 13.2. The molecule has 8 rings (SSSR count). The zero-order valence-electron chi connectivity index (χ0n) is 21.2. The number of rotatable bonds is 3. The van der Waals surface area contributed by atoms with Gasteiger partial charge in [-0.15, -0.1) is 0 Å². The van der Waals surface area contributed by atoms with Gasteiger partial charge in [0.2, 0.25) is 0 Å². The van der Waals surface area contributed by atoms with Crippen molar-refractivity contribution in [2.75, 3.05) is 5.73 Å². The molecule has 2 aromatic heterocycles. The number of nitrogens with two attached hydrogens (primary N) is 1. The van der Waals surface area contributed by atoms with Crippen LogP contribution in [0.4, 0.5) is 5.69 Å². The number of nitrogen functional groups attached to an aromatic ring is 1. The van der Waals surface area contributed by atoms with E-state index in [9.17, 15) is 0 Å². The molecular formula is C36H25N3. The Kier molecular flexibility index (Phi) is 4.67. The lowest BCUT2D eigenvalue weighted by Crippen LogP contribution is -1.84. The molecule has 2 heterocycles. The molecule has 0 saturated heterocycles. The summed E-state index contributed by atoms with van der Waals surface area (Å²) in [6.45, 7) is 0. The Morgan fingerprint density at radius 3 is 1.74 bits per heavy atom. The molecule has 3 nitrogen and oxygen atoms in total. The van der Waals surface area contributed by atoms with Crippen molar-refractivity contribution in [3.05, 3.63) is 127 Å². The van der Waals surface area contributed by atoms with Crippen LogP contribution in [0.15, 0.2) is 127 Å². The highest BCUT2D eigenvalue weighted by Gasteiger charge is 2.13. The summed E-state index contributed by atoms with van der Waals surface area (Å²) in [5.41, 5.74) is 18.5. The van der Waals surface area contributed by atoms with Gasteiger partial charge in [0.15, 0.2) is 0 Å². The summed E-state index contributed by atoms with van der Waals surface area (Å²) in [5.74, 6) is 0. The minimum absolute atomic E-state index is 0.773. The highest BCUT2D eigenvalue weighted by Crippen LogP contribution is 2.37. The zero-order valence-corrected chi connectivity index (χ0v) is 21.2. The fraction of sp³-hybridized carbons (Fsp3) is 0. The number of anilines is 1. The Hall–Kier alpha value is -5.28. The lowest BCUT2D eigenvalue weighted by atomic mass is 9.96. The number of H-pyrrole nitrogens is 2. The van der Waals surface area contributed by atoms with Crippen molar-refractivity contribution in [3.63, 3.8) is 0 Å². The number of aromatic nitrogens is 2. The van der Waals surface area contributed by atoms with Gasteiger partial charge < -0.3 is 15.7 Å². The Morgan fingerprint density at radius 2 is 0.949 bits per heavy atom. The molecule has 8 aromatic rings. The number of aromatic amines is 2. The van der Waals surface area contributed by atoms with Crippen LogP contribution >= 0.6 is 0 Å². The van der Waals surface area contributed by atoms with Gasteiger partial charge in [-0.25, -0.2) is 0 Å². The van der Waals surface area contributed by atoms with Crippen molar-refractivity contribution in [2.45, 2.75) is 0 Å². The minimum atomic E-state index is 0.773. The van der Waals surface area contributed by atoms with Gasteiger partial charge in [0, 0.05) is 49.4 Å². The van der Waals surface area contributed by atoms with E-state index in [-0.39, 0.29) is 0 Å². The van der Waals surface area contributed by atoms with E-state index in [0.29, 0.717) is 0 Å². The molecule has 4 N–H and O–H groups in total. The second-order valence-corrected chi connectivity index (χ2v) is 10.2. The Morgan fingerprint density at radius 1 is 0.385 bits per heavy atom. The summed E-state index contributed by atoms with van der Waals surface area (Å²) in [4.78, 5) is 7.33. The van der Waals surface area contributed by atoms with E-state index >= 15 is 0 Å². The van der Waals surface area contributed by atoms with E-state index in [1.54, 1.807) is 0 Å². The SMILES string of the molecule is Nc1ccc(-c2cccc3c2[nH]c2ccc(-c4cccc(-c5cccc6c5[nH]c5ccccc56)c4)cc23)cc1. The first-order chi connectivity index (χ1) is 19.2. The topological polar surface area (TPSA) is 57.6 Å². The number of hydrogen-bond acceptors (Lipinski definition) is 1. The second kappa shape index (κ2) is 8.37. The molecule has 0 radical (unpaired) electrons. The van der Waals surface area contributed by atoms with Crippen LogP contribution in [-0.2, 0) is 0 Å². The molecule has 0 aliphatic rings. The van der Waals surface area contributed by atoms with Gasteiger partial charge in [-0.05, 0) is 58.7 Å². The van der Waals surface area contributed by atoms with E-state index in [0.717, 1.165) is 22.3 Å². The second-order valence-electron chi connectivity index (χ2n) is 10.2. The summed E-state index contributed by atoms with van der Waals surface area (Å²) >= 11 is 0. The van der Waals surface area contributed by atoms with E-state index in [1.165, 1.54) is 60.4 Å². The van der Waals surface area contributed by atoms with Crippen LogP contribution in [0.3, 0.4) is 0 Å². The van der Waals surface area contributed by atoms with Crippen molar-refractivity contribution < 1.29 is 0 Å². The predicted molar refractivity (Wildman–Crippen MR) is 166 cm³/mol. The molecule has 0 saturated carbocycles. The molecule has 0 unspecified atom stereocenters. The summed E-state index contributed by atoms with van der Waals surface area (Å²) < 4.78 is 0. The molecule has 0 amide bonds. The molecule has 0 atom stereocenters. The predicted octanol–water partition coefficient (Wildman–Crippen LogP) is 9.54. The molecule has 0 bridgehead atoms. The first-order valence-electron chi connectivity index (χ1n) is 13.2. The van der Waals surface area contributed by atoms with Gasteiger partial charge in [-0.1, -0.05) is 91.0 Å². The Labute approximate surface area is 225 Å². The fourth-order valence-corrected chi connectivity index (χ4v) is 5.98. The van der Waals surface area contributed by atoms with Crippen LogP contribution in [0, 0.1) is 0 Å². The normalized spacial score (nSPS) is 11.7. The van der Waals surface area contributed by atoms with Crippen LogP contribution in [0.5, 0.6) is 0 Å².